The van der Waals surface area contributed by atoms with Gasteiger partial charge in [0.15, 0.2) is 0 Å². The number of fused-ring (bicyclic) bond motifs is 1. The van der Waals surface area contributed by atoms with Gasteiger partial charge in [-0.3, -0.25) is 4.79 Å². The summed E-state index contributed by atoms with van der Waals surface area (Å²) in [5, 5.41) is 9.24. The number of carbonyl (C=O) groups is 1. The van der Waals surface area contributed by atoms with Gasteiger partial charge in [-0.1, -0.05) is 0 Å². The smallest absolute Gasteiger partial charge is 0.313 e. The van der Waals surface area contributed by atoms with Gasteiger partial charge in [-0.2, -0.15) is 0 Å². The lowest BCUT2D eigenvalue weighted by Gasteiger charge is -2.20. The molecule has 0 saturated carbocycles. The number of methoxy groups -OCH3 is 1. The predicted octanol–water partition coefficient (Wildman–Crippen LogP) is 1.70. The molecule has 4 heteroatoms. The fourth-order valence-corrected chi connectivity index (χ4v) is 2.27. The quantitative estimate of drug-likeness (QED) is 0.825. The summed E-state index contributed by atoms with van der Waals surface area (Å²) in [6.07, 6.45) is 0. The van der Waals surface area contributed by atoms with Gasteiger partial charge in [0.1, 0.15) is 11.7 Å². The van der Waals surface area contributed by atoms with Crippen molar-refractivity contribution in [3.63, 3.8) is 0 Å². The minimum atomic E-state index is -0.786. The van der Waals surface area contributed by atoms with Crippen molar-refractivity contribution in [2.24, 2.45) is 0 Å². The molecule has 0 aliphatic carbocycles. The molecule has 0 aromatic heterocycles. The second kappa shape index (κ2) is 3.70. The molecule has 0 bridgehead atoms. The number of benzene rings is 1. The Hall–Kier alpha value is -1.71. The summed E-state index contributed by atoms with van der Waals surface area (Å²) in [4.78, 5) is 13.2. The number of nitrogens with zero attached hydrogens (tertiary/aromatic N) is 1. The molecule has 16 heavy (non-hydrogen) atoms. The predicted molar refractivity (Wildman–Crippen MR) is 61.2 cm³/mol. The van der Waals surface area contributed by atoms with Gasteiger partial charge in [-0.25, -0.2) is 0 Å². The Morgan fingerprint density at radius 3 is 2.75 bits per heavy atom. The molecule has 0 saturated heterocycles. The van der Waals surface area contributed by atoms with Crippen LogP contribution in [-0.2, 0) is 4.79 Å². The molecule has 4 nitrogen and oxygen atoms in total. The number of hydrogen-bond acceptors (Lipinski definition) is 3. The second-order valence-corrected chi connectivity index (χ2v) is 4.09. The first kappa shape index (κ1) is 10.8. The highest BCUT2D eigenvalue weighted by molar-refractivity contribution is 5.84. The molecule has 1 aromatic carbocycles. The molecule has 1 heterocycles. The first-order valence-corrected chi connectivity index (χ1v) is 5.20. The van der Waals surface area contributed by atoms with E-state index in [1.54, 1.807) is 7.11 Å². The molecule has 1 aliphatic heterocycles. The maximum atomic E-state index is 11.3. The van der Waals surface area contributed by atoms with Gasteiger partial charge in [-0.15, -0.1) is 0 Å². The van der Waals surface area contributed by atoms with Crippen LogP contribution in [-0.4, -0.2) is 31.3 Å². The highest BCUT2D eigenvalue weighted by atomic mass is 16.5. The molecule has 2 atom stereocenters. The van der Waals surface area contributed by atoms with Crippen LogP contribution in [0.15, 0.2) is 18.2 Å². The first-order chi connectivity index (χ1) is 7.56. The largest absolute Gasteiger partial charge is 0.497 e. The molecule has 1 N–H and O–H groups in total. The monoisotopic (exact) mass is 221 g/mol. The summed E-state index contributed by atoms with van der Waals surface area (Å²) >= 11 is 0. The van der Waals surface area contributed by atoms with Crippen molar-refractivity contribution in [1.29, 1.82) is 0 Å². The van der Waals surface area contributed by atoms with Gasteiger partial charge in [0.05, 0.1) is 7.11 Å². The molecule has 2 unspecified atom stereocenters. The summed E-state index contributed by atoms with van der Waals surface area (Å²) in [6.45, 7) is 1.92. The maximum absolute atomic E-state index is 11.3. The van der Waals surface area contributed by atoms with Crippen LogP contribution in [0.2, 0.25) is 0 Å². The van der Waals surface area contributed by atoms with Gasteiger partial charge in [0.25, 0.3) is 0 Å². The SMILES string of the molecule is COc1ccc2c(c1)C(C(=O)O)C(C)N2C. The van der Waals surface area contributed by atoms with E-state index in [-0.39, 0.29) is 6.04 Å². The van der Waals surface area contributed by atoms with Gasteiger partial charge in [-0.05, 0) is 30.7 Å². The van der Waals surface area contributed by atoms with E-state index in [2.05, 4.69) is 0 Å². The Balaban J connectivity index is 2.53. The van der Waals surface area contributed by atoms with E-state index in [1.807, 2.05) is 37.1 Å². The van der Waals surface area contributed by atoms with Crippen LogP contribution < -0.4 is 9.64 Å². The summed E-state index contributed by atoms with van der Waals surface area (Å²) in [5.41, 5.74) is 1.81. The van der Waals surface area contributed by atoms with Gasteiger partial charge in [0, 0.05) is 18.8 Å². The lowest BCUT2D eigenvalue weighted by molar-refractivity contribution is -0.139. The number of rotatable bonds is 2. The van der Waals surface area contributed by atoms with Crippen molar-refractivity contribution >= 4 is 11.7 Å². The van der Waals surface area contributed by atoms with E-state index in [9.17, 15) is 9.90 Å². The highest BCUT2D eigenvalue weighted by Crippen LogP contribution is 2.41. The average Bonchev–Trinajstić information content (AvgIpc) is 2.51. The Morgan fingerprint density at radius 1 is 1.50 bits per heavy atom. The zero-order valence-electron chi connectivity index (χ0n) is 9.60. The van der Waals surface area contributed by atoms with Crippen molar-refractivity contribution in [3.8, 4) is 5.75 Å². The zero-order valence-corrected chi connectivity index (χ0v) is 9.60. The Labute approximate surface area is 94.4 Å². The van der Waals surface area contributed by atoms with E-state index < -0.39 is 11.9 Å². The summed E-state index contributed by atoms with van der Waals surface area (Å²) in [5.74, 6) is -0.561. The Morgan fingerprint density at radius 2 is 2.19 bits per heavy atom. The van der Waals surface area contributed by atoms with Crippen molar-refractivity contribution in [2.45, 2.75) is 18.9 Å². The van der Waals surface area contributed by atoms with Crippen molar-refractivity contribution in [1.82, 2.24) is 0 Å². The van der Waals surface area contributed by atoms with Crippen molar-refractivity contribution < 1.29 is 14.6 Å². The zero-order chi connectivity index (χ0) is 11.9. The fourth-order valence-electron chi connectivity index (χ4n) is 2.27. The van der Waals surface area contributed by atoms with Gasteiger partial charge in [0.2, 0.25) is 0 Å². The summed E-state index contributed by atoms with van der Waals surface area (Å²) < 4.78 is 5.13. The number of carboxylic acids is 1. The molecule has 1 aromatic rings. The van der Waals surface area contributed by atoms with Crippen LogP contribution in [0.4, 0.5) is 5.69 Å². The molecule has 2 rings (SSSR count). The van der Waals surface area contributed by atoms with Crippen LogP contribution in [0.25, 0.3) is 0 Å². The lowest BCUT2D eigenvalue weighted by Crippen LogP contribution is -2.30. The molecule has 1 aliphatic rings. The molecule has 0 spiro atoms. The standard InChI is InChI=1S/C12H15NO3/c1-7-11(12(14)15)9-6-8(16-3)4-5-10(9)13(7)2/h4-7,11H,1-3H3,(H,14,15). The van der Waals surface area contributed by atoms with E-state index >= 15 is 0 Å². The fraction of sp³-hybridized carbons (Fsp3) is 0.417. The van der Waals surface area contributed by atoms with Crippen molar-refractivity contribution in [3.05, 3.63) is 23.8 Å². The van der Waals surface area contributed by atoms with E-state index in [0.717, 1.165) is 11.3 Å². The van der Waals surface area contributed by atoms with Crippen LogP contribution >= 0.6 is 0 Å². The Bertz CT molecular complexity index is 430. The number of carboxylic acid groups (broad SMARTS) is 1. The van der Waals surface area contributed by atoms with E-state index in [4.69, 9.17) is 4.74 Å². The summed E-state index contributed by atoms with van der Waals surface area (Å²) in [6, 6.07) is 5.55. The van der Waals surface area contributed by atoms with Gasteiger partial charge < -0.3 is 14.7 Å². The second-order valence-electron chi connectivity index (χ2n) is 4.09. The lowest BCUT2D eigenvalue weighted by atomic mass is 9.96. The van der Waals surface area contributed by atoms with E-state index in [1.165, 1.54) is 0 Å². The maximum Gasteiger partial charge on any atom is 0.313 e. The number of likely N-dealkylation sites (N-methyl/N-ethyl adjacent to an activating group) is 1. The molecule has 0 fully saturated rings. The third kappa shape index (κ3) is 1.41. The van der Waals surface area contributed by atoms with Crippen molar-refractivity contribution in [2.75, 3.05) is 19.1 Å². The van der Waals surface area contributed by atoms with Crippen LogP contribution in [0.1, 0.15) is 18.4 Å². The van der Waals surface area contributed by atoms with Gasteiger partial charge >= 0.3 is 5.97 Å². The number of anilines is 1. The molecular formula is C12H15NO3. The first-order valence-electron chi connectivity index (χ1n) is 5.20. The molecule has 0 amide bonds. The van der Waals surface area contributed by atoms with E-state index in [0.29, 0.717) is 5.75 Å². The number of hydrogen-bond donors (Lipinski definition) is 1. The minimum Gasteiger partial charge on any atom is -0.497 e. The average molecular weight is 221 g/mol. The minimum absolute atomic E-state index is 0.0281. The topological polar surface area (TPSA) is 49.8 Å². The highest BCUT2D eigenvalue weighted by Gasteiger charge is 2.38. The number of aliphatic carboxylic acids is 1. The normalized spacial score (nSPS) is 23.1. The molecule has 0 radical (unpaired) electrons. The number of ether oxygens (including phenoxy) is 1. The van der Waals surface area contributed by atoms with Crippen LogP contribution in [0, 0.1) is 0 Å². The third-order valence-corrected chi connectivity index (χ3v) is 3.31. The molecule has 86 valence electrons. The molecular weight excluding hydrogens is 206 g/mol. The summed E-state index contributed by atoms with van der Waals surface area (Å²) in [7, 11) is 3.50. The third-order valence-electron chi connectivity index (χ3n) is 3.31. The Kier molecular flexibility index (Phi) is 2.50. The van der Waals surface area contributed by atoms with Crippen LogP contribution in [0.5, 0.6) is 5.75 Å². The van der Waals surface area contributed by atoms with Crippen LogP contribution in [0.3, 0.4) is 0 Å².